The maximum Gasteiger partial charge on any atom is 0.236 e. The van der Waals surface area contributed by atoms with Gasteiger partial charge in [0.15, 0.2) is 0 Å². The molecule has 1 amide bonds. The lowest BCUT2D eigenvalue weighted by Gasteiger charge is -2.14. The average Bonchev–Trinajstić information content (AvgIpc) is 3.24. The second-order valence-corrected chi connectivity index (χ2v) is 7.98. The molecule has 1 fully saturated rings. The van der Waals surface area contributed by atoms with Gasteiger partial charge in [0.2, 0.25) is 11.0 Å². The second kappa shape index (κ2) is 7.09. The van der Waals surface area contributed by atoms with Crippen LogP contribution in [0.4, 0.5) is 5.13 Å². The second-order valence-electron chi connectivity index (χ2n) is 6.00. The van der Waals surface area contributed by atoms with Gasteiger partial charge in [-0.2, -0.15) is 0 Å². The molecule has 1 saturated carbocycles. The van der Waals surface area contributed by atoms with Gasteiger partial charge in [-0.3, -0.25) is 10.1 Å². The van der Waals surface area contributed by atoms with Crippen molar-refractivity contribution in [2.75, 3.05) is 5.32 Å². The van der Waals surface area contributed by atoms with Crippen molar-refractivity contribution in [3.63, 3.8) is 0 Å². The van der Waals surface area contributed by atoms with E-state index in [0.717, 1.165) is 40.7 Å². The first kappa shape index (κ1) is 16.6. The Hall–Kier alpha value is -1.27. The zero-order valence-electron chi connectivity index (χ0n) is 13.1. The fraction of sp³-hybridized carbons (Fsp3) is 0.471. The number of hydrogen-bond acceptors (Lipinski definition) is 4. The smallest absolute Gasteiger partial charge is 0.236 e. The predicted octanol–water partition coefficient (Wildman–Crippen LogP) is 4.70. The van der Waals surface area contributed by atoms with Crippen molar-refractivity contribution in [2.24, 2.45) is 0 Å². The summed E-state index contributed by atoms with van der Waals surface area (Å²) < 4.78 is 1.00. The SMILES string of the molecule is CCCCCc1nnc(NC(=O)C2(c3cccc(Br)c3)CC2)s1. The van der Waals surface area contributed by atoms with Gasteiger partial charge in [0.25, 0.3) is 0 Å². The molecule has 1 N–H and O–H groups in total. The monoisotopic (exact) mass is 393 g/mol. The fourth-order valence-corrected chi connectivity index (χ4v) is 3.88. The summed E-state index contributed by atoms with van der Waals surface area (Å²) >= 11 is 4.97. The van der Waals surface area contributed by atoms with Crippen molar-refractivity contribution in [3.05, 3.63) is 39.3 Å². The van der Waals surface area contributed by atoms with Crippen LogP contribution in [0.15, 0.2) is 28.7 Å². The third kappa shape index (κ3) is 3.80. The van der Waals surface area contributed by atoms with Crippen LogP contribution in [0.2, 0.25) is 0 Å². The molecular formula is C17H20BrN3OS. The zero-order chi connectivity index (χ0) is 16.3. The standard InChI is InChI=1S/C17H20BrN3OS/c1-2-3-4-8-14-20-21-16(23-14)19-15(22)17(9-10-17)12-6-5-7-13(18)11-12/h5-7,11H,2-4,8-10H2,1H3,(H,19,21,22). The Morgan fingerprint density at radius 1 is 1.35 bits per heavy atom. The largest absolute Gasteiger partial charge is 0.300 e. The predicted molar refractivity (Wildman–Crippen MR) is 96.8 cm³/mol. The fourth-order valence-electron chi connectivity index (χ4n) is 2.71. The molecule has 1 aliphatic carbocycles. The summed E-state index contributed by atoms with van der Waals surface area (Å²) in [7, 11) is 0. The molecule has 0 aliphatic heterocycles. The number of rotatable bonds is 7. The molecule has 1 aromatic heterocycles. The lowest BCUT2D eigenvalue weighted by atomic mass is 9.95. The van der Waals surface area contributed by atoms with E-state index in [1.807, 2.05) is 24.3 Å². The van der Waals surface area contributed by atoms with Crippen molar-refractivity contribution in [1.82, 2.24) is 10.2 Å². The van der Waals surface area contributed by atoms with Crippen molar-refractivity contribution in [2.45, 2.75) is 50.9 Å². The number of aryl methyl sites for hydroxylation is 1. The summed E-state index contributed by atoms with van der Waals surface area (Å²) in [5.74, 6) is 0.0341. The molecule has 2 aromatic rings. The zero-order valence-corrected chi connectivity index (χ0v) is 15.5. The number of unbranched alkanes of at least 4 members (excludes halogenated alkanes) is 2. The molecule has 122 valence electrons. The van der Waals surface area contributed by atoms with Gasteiger partial charge in [-0.05, 0) is 37.0 Å². The highest BCUT2D eigenvalue weighted by Gasteiger charge is 2.51. The quantitative estimate of drug-likeness (QED) is 0.693. The summed E-state index contributed by atoms with van der Waals surface area (Å²) in [5.41, 5.74) is 0.676. The van der Waals surface area contributed by atoms with Gasteiger partial charge < -0.3 is 0 Å². The number of benzene rings is 1. The topological polar surface area (TPSA) is 54.9 Å². The number of halogens is 1. The van der Waals surface area contributed by atoms with Crippen LogP contribution in [-0.4, -0.2) is 16.1 Å². The van der Waals surface area contributed by atoms with Gasteiger partial charge in [-0.15, -0.1) is 10.2 Å². The van der Waals surface area contributed by atoms with Crippen molar-refractivity contribution in [3.8, 4) is 0 Å². The molecule has 0 saturated heterocycles. The van der Waals surface area contributed by atoms with E-state index in [2.05, 4.69) is 38.4 Å². The number of nitrogens with one attached hydrogen (secondary N) is 1. The van der Waals surface area contributed by atoms with Crippen LogP contribution in [0.3, 0.4) is 0 Å². The number of carbonyl (C=O) groups excluding carboxylic acids is 1. The summed E-state index contributed by atoms with van der Waals surface area (Å²) in [6.45, 7) is 2.18. The molecule has 3 rings (SSSR count). The molecule has 0 unspecified atom stereocenters. The van der Waals surface area contributed by atoms with E-state index in [-0.39, 0.29) is 5.91 Å². The first-order chi connectivity index (χ1) is 11.1. The lowest BCUT2D eigenvalue weighted by molar-refractivity contribution is -0.118. The number of aromatic nitrogens is 2. The molecule has 0 bridgehead atoms. The summed E-state index contributed by atoms with van der Waals surface area (Å²) in [6.07, 6.45) is 6.24. The third-order valence-corrected chi connectivity index (χ3v) is 5.64. The average molecular weight is 394 g/mol. The Morgan fingerprint density at radius 2 is 2.17 bits per heavy atom. The van der Waals surface area contributed by atoms with E-state index < -0.39 is 5.41 Å². The first-order valence-electron chi connectivity index (χ1n) is 8.04. The number of nitrogens with zero attached hydrogens (tertiary/aromatic N) is 2. The van der Waals surface area contributed by atoms with Crippen LogP contribution >= 0.6 is 27.3 Å². The molecule has 1 aliphatic rings. The molecule has 0 spiro atoms. The maximum absolute atomic E-state index is 12.7. The molecule has 6 heteroatoms. The van der Waals surface area contributed by atoms with Crippen LogP contribution in [0.5, 0.6) is 0 Å². The molecule has 1 aromatic carbocycles. The van der Waals surface area contributed by atoms with Gasteiger partial charge in [0.1, 0.15) is 5.01 Å². The van der Waals surface area contributed by atoms with Gasteiger partial charge in [-0.1, -0.05) is 59.2 Å². The first-order valence-corrected chi connectivity index (χ1v) is 9.65. The summed E-state index contributed by atoms with van der Waals surface area (Å²) in [5, 5.41) is 12.9. The van der Waals surface area contributed by atoms with Crippen LogP contribution in [-0.2, 0) is 16.6 Å². The highest BCUT2D eigenvalue weighted by Crippen LogP contribution is 2.49. The van der Waals surface area contributed by atoms with Gasteiger partial charge in [-0.25, -0.2) is 0 Å². The number of amides is 1. The van der Waals surface area contributed by atoms with Crippen LogP contribution in [0.1, 0.15) is 49.6 Å². The highest BCUT2D eigenvalue weighted by molar-refractivity contribution is 9.10. The van der Waals surface area contributed by atoms with Gasteiger partial charge in [0.05, 0.1) is 5.41 Å². The highest BCUT2D eigenvalue weighted by atomic mass is 79.9. The summed E-state index contributed by atoms with van der Waals surface area (Å²) in [6, 6.07) is 8.00. The van der Waals surface area contributed by atoms with E-state index in [1.165, 1.54) is 24.2 Å². The number of anilines is 1. The van der Waals surface area contributed by atoms with Crippen LogP contribution in [0, 0.1) is 0 Å². The minimum atomic E-state index is -0.391. The Morgan fingerprint density at radius 3 is 2.87 bits per heavy atom. The minimum Gasteiger partial charge on any atom is -0.300 e. The number of carbonyl (C=O) groups is 1. The summed E-state index contributed by atoms with van der Waals surface area (Å²) in [4.78, 5) is 12.7. The van der Waals surface area contributed by atoms with Crippen molar-refractivity contribution < 1.29 is 4.79 Å². The van der Waals surface area contributed by atoms with Gasteiger partial charge >= 0.3 is 0 Å². The van der Waals surface area contributed by atoms with Gasteiger partial charge in [0, 0.05) is 10.9 Å². The van der Waals surface area contributed by atoms with Crippen molar-refractivity contribution >= 4 is 38.3 Å². The molecule has 0 atom stereocenters. The minimum absolute atomic E-state index is 0.0341. The van der Waals surface area contributed by atoms with E-state index in [1.54, 1.807) is 0 Å². The Labute approximate surface area is 148 Å². The van der Waals surface area contributed by atoms with E-state index >= 15 is 0 Å². The maximum atomic E-state index is 12.7. The van der Waals surface area contributed by atoms with Crippen LogP contribution in [0.25, 0.3) is 0 Å². The molecule has 1 heterocycles. The molecule has 4 nitrogen and oxygen atoms in total. The van der Waals surface area contributed by atoms with E-state index in [4.69, 9.17) is 0 Å². The third-order valence-electron chi connectivity index (χ3n) is 4.24. The number of hydrogen-bond donors (Lipinski definition) is 1. The normalized spacial score (nSPS) is 15.4. The lowest BCUT2D eigenvalue weighted by Crippen LogP contribution is -2.27. The Balaban J connectivity index is 1.65. The van der Waals surface area contributed by atoms with Crippen LogP contribution < -0.4 is 5.32 Å². The molecule has 0 radical (unpaired) electrons. The molecule has 23 heavy (non-hydrogen) atoms. The van der Waals surface area contributed by atoms with Crippen molar-refractivity contribution in [1.29, 1.82) is 0 Å². The Bertz CT molecular complexity index is 697. The molecular weight excluding hydrogens is 374 g/mol. The Kier molecular flexibility index (Phi) is 5.11. The van der Waals surface area contributed by atoms with E-state index in [9.17, 15) is 4.79 Å². The van der Waals surface area contributed by atoms with E-state index in [0.29, 0.717) is 5.13 Å².